The zero-order valence-corrected chi connectivity index (χ0v) is 17.5. The Labute approximate surface area is 177 Å². The summed E-state index contributed by atoms with van der Waals surface area (Å²) in [5.74, 6) is 0.348. The predicted octanol–water partition coefficient (Wildman–Crippen LogP) is 5.42. The third-order valence-corrected chi connectivity index (χ3v) is 8.42. The van der Waals surface area contributed by atoms with Crippen LogP contribution in [-0.2, 0) is 11.8 Å². The molecule has 4 heteroatoms. The van der Waals surface area contributed by atoms with Crippen LogP contribution in [0.25, 0.3) is 10.9 Å². The quantitative estimate of drug-likeness (QED) is 0.504. The van der Waals surface area contributed by atoms with E-state index in [0.29, 0.717) is 11.8 Å². The number of piperidine rings is 1. The number of benzene rings is 2. The molecule has 0 amide bonds. The van der Waals surface area contributed by atoms with Crippen LogP contribution >= 0.6 is 0 Å². The lowest BCUT2D eigenvalue weighted by molar-refractivity contribution is -0.0141. The van der Waals surface area contributed by atoms with Crippen molar-refractivity contribution in [1.82, 2.24) is 10.3 Å². The van der Waals surface area contributed by atoms with Crippen LogP contribution in [0.3, 0.4) is 0 Å². The molecule has 2 aliphatic carbocycles. The first-order valence-electron chi connectivity index (χ1n) is 11.3. The minimum atomic E-state index is 0.200. The van der Waals surface area contributed by atoms with Crippen LogP contribution in [0.1, 0.15) is 50.2 Å². The number of hydrogen-bond donors (Lipinski definition) is 3. The third kappa shape index (κ3) is 2.40. The van der Waals surface area contributed by atoms with Gasteiger partial charge in [-0.15, -0.1) is 0 Å². The molecule has 2 bridgehead atoms. The number of aromatic nitrogens is 1. The van der Waals surface area contributed by atoms with Crippen LogP contribution in [-0.4, -0.2) is 22.7 Å². The van der Waals surface area contributed by atoms with Crippen molar-refractivity contribution < 1.29 is 5.11 Å². The molecule has 0 unspecified atom stereocenters. The van der Waals surface area contributed by atoms with Gasteiger partial charge in [0.2, 0.25) is 0 Å². The maximum Gasteiger partial charge on any atom is 0.139 e. The predicted molar refractivity (Wildman–Crippen MR) is 121 cm³/mol. The highest BCUT2D eigenvalue weighted by Gasteiger charge is 2.59. The van der Waals surface area contributed by atoms with Crippen LogP contribution in [0.5, 0.6) is 5.75 Å². The summed E-state index contributed by atoms with van der Waals surface area (Å²) in [6.07, 6.45) is 9.18. The summed E-state index contributed by atoms with van der Waals surface area (Å²) >= 11 is 0. The number of rotatable bonds is 2. The van der Waals surface area contributed by atoms with Crippen molar-refractivity contribution in [2.24, 2.45) is 5.41 Å². The summed E-state index contributed by atoms with van der Waals surface area (Å²) < 4.78 is 0. The molecule has 3 atom stereocenters. The Morgan fingerprint density at radius 3 is 2.87 bits per heavy atom. The van der Waals surface area contributed by atoms with Gasteiger partial charge in [-0.25, -0.2) is 0 Å². The molecule has 3 N–H and O–H groups in total. The van der Waals surface area contributed by atoms with Crippen molar-refractivity contribution in [2.45, 2.75) is 56.9 Å². The molecule has 1 aliphatic heterocycles. The van der Waals surface area contributed by atoms with E-state index in [-0.39, 0.29) is 10.8 Å². The van der Waals surface area contributed by atoms with E-state index in [1.54, 1.807) is 0 Å². The SMILES string of the molecule is C[C@]12CCCC[C@]13CCN[C@H]2Cc1cc(Nc2cccc4cccnc24)c(O)cc13. The molecule has 3 aromatic rings. The lowest BCUT2D eigenvalue weighted by atomic mass is 9.45. The van der Waals surface area contributed by atoms with Crippen LogP contribution in [0.15, 0.2) is 48.7 Å². The largest absolute Gasteiger partial charge is 0.506 e. The fraction of sp³-hybridized carbons (Fsp3) is 0.423. The summed E-state index contributed by atoms with van der Waals surface area (Å²) in [5.41, 5.74) is 5.91. The van der Waals surface area contributed by atoms with E-state index in [4.69, 9.17) is 0 Å². The lowest BCUT2D eigenvalue weighted by Crippen LogP contribution is -2.65. The molecule has 2 heterocycles. The zero-order chi connectivity index (χ0) is 20.3. The van der Waals surface area contributed by atoms with Gasteiger partial charge >= 0.3 is 0 Å². The zero-order valence-electron chi connectivity index (χ0n) is 17.5. The van der Waals surface area contributed by atoms with Gasteiger partial charge in [0.15, 0.2) is 0 Å². The molecule has 30 heavy (non-hydrogen) atoms. The molecule has 154 valence electrons. The average molecular weight is 400 g/mol. The molecule has 0 radical (unpaired) electrons. The number of nitrogens with zero attached hydrogens (tertiary/aromatic N) is 1. The minimum absolute atomic E-state index is 0.200. The topological polar surface area (TPSA) is 57.2 Å². The standard InChI is InChI=1S/C26H29N3O/c1-25-9-2-3-10-26(25)11-13-27-23(25)15-18-14-21(22(30)16-19(18)26)29-20-8-4-6-17-7-5-12-28-24(17)20/h4-8,12,14,16,23,27,29-30H,2-3,9-11,13,15H2,1H3/t23-,25+,26+/m0/s1. The van der Waals surface area contributed by atoms with Gasteiger partial charge in [-0.2, -0.15) is 0 Å². The first-order valence-corrected chi connectivity index (χ1v) is 11.3. The maximum atomic E-state index is 11.1. The molecule has 2 aromatic carbocycles. The molecular weight excluding hydrogens is 370 g/mol. The molecule has 1 saturated carbocycles. The van der Waals surface area contributed by atoms with Crippen molar-refractivity contribution >= 4 is 22.3 Å². The van der Waals surface area contributed by atoms with E-state index in [2.05, 4.69) is 46.8 Å². The Morgan fingerprint density at radius 2 is 1.93 bits per heavy atom. The van der Waals surface area contributed by atoms with E-state index < -0.39 is 0 Å². The molecule has 2 fully saturated rings. The number of phenolic OH excluding ortho intramolecular Hbond substituents is 1. The van der Waals surface area contributed by atoms with Gasteiger partial charge in [-0.3, -0.25) is 4.98 Å². The number of fused-ring (bicyclic) bond motifs is 2. The molecule has 0 spiro atoms. The summed E-state index contributed by atoms with van der Waals surface area (Å²) in [6, 6.07) is 14.9. The van der Waals surface area contributed by atoms with E-state index in [1.165, 1.54) is 43.2 Å². The Kier molecular flexibility index (Phi) is 3.91. The van der Waals surface area contributed by atoms with Crippen molar-refractivity contribution in [3.8, 4) is 5.75 Å². The molecular formula is C26H29N3O. The Bertz CT molecular complexity index is 1130. The summed E-state index contributed by atoms with van der Waals surface area (Å²) in [7, 11) is 0. The first kappa shape index (κ1) is 18.2. The Balaban J connectivity index is 1.46. The lowest BCUT2D eigenvalue weighted by Gasteiger charge is -2.63. The van der Waals surface area contributed by atoms with Crippen molar-refractivity contribution in [1.29, 1.82) is 0 Å². The van der Waals surface area contributed by atoms with Gasteiger partial charge in [0.05, 0.1) is 16.9 Å². The second-order valence-corrected chi connectivity index (χ2v) is 9.70. The second kappa shape index (κ2) is 6.45. The fourth-order valence-corrected chi connectivity index (χ4v) is 6.84. The maximum absolute atomic E-state index is 11.1. The molecule has 1 aromatic heterocycles. The monoisotopic (exact) mass is 399 g/mol. The van der Waals surface area contributed by atoms with E-state index in [1.807, 2.05) is 24.4 Å². The number of anilines is 2. The average Bonchev–Trinajstić information content (AvgIpc) is 2.75. The van der Waals surface area contributed by atoms with Crippen LogP contribution in [0.4, 0.5) is 11.4 Å². The summed E-state index contributed by atoms with van der Waals surface area (Å²) in [4.78, 5) is 4.55. The van der Waals surface area contributed by atoms with Crippen molar-refractivity contribution in [2.75, 3.05) is 11.9 Å². The van der Waals surface area contributed by atoms with Gasteiger partial charge < -0.3 is 15.7 Å². The summed E-state index contributed by atoms with van der Waals surface area (Å²) in [6.45, 7) is 3.58. The highest BCUT2D eigenvalue weighted by molar-refractivity contribution is 5.92. The van der Waals surface area contributed by atoms with Crippen molar-refractivity contribution in [3.05, 3.63) is 59.8 Å². The Hall–Kier alpha value is -2.59. The number of nitrogens with one attached hydrogen (secondary N) is 2. The normalized spacial score (nSPS) is 29.8. The number of pyridine rings is 1. The van der Waals surface area contributed by atoms with Crippen molar-refractivity contribution in [3.63, 3.8) is 0 Å². The van der Waals surface area contributed by atoms with E-state index in [0.717, 1.165) is 35.2 Å². The number of hydrogen-bond acceptors (Lipinski definition) is 4. The summed E-state index contributed by atoms with van der Waals surface area (Å²) in [5, 5.41) is 19.5. The molecule has 1 saturated heterocycles. The van der Waals surface area contributed by atoms with Crippen LogP contribution in [0.2, 0.25) is 0 Å². The first-order chi connectivity index (χ1) is 14.6. The van der Waals surface area contributed by atoms with Gasteiger partial charge in [0.25, 0.3) is 0 Å². The second-order valence-electron chi connectivity index (χ2n) is 9.70. The smallest absolute Gasteiger partial charge is 0.139 e. The molecule has 4 nitrogen and oxygen atoms in total. The third-order valence-electron chi connectivity index (χ3n) is 8.42. The Morgan fingerprint density at radius 1 is 1.07 bits per heavy atom. The van der Waals surface area contributed by atoms with E-state index >= 15 is 0 Å². The fourth-order valence-electron chi connectivity index (χ4n) is 6.84. The number of aromatic hydroxyl groups is 1. The highest BCUT2D eigenvalue weighted by atomic mass is 16.3. The van der Waals surface area contributed by atoms with Crippen LogP contribution < -0.4 is 10.6 Å². The highest BCUT2D eigenvalue weighted by Crippen LogP contribution is 2.61. The molecule has 3 aliphatic rings. The minimum Gasteiger partial charge on any atom is -0.506 e. The number of phenols is 1. The van der Waals surface area contributed by atoms with E-state index in [9.17, 15) is 5.11 Å². The number of para-hydroxylation sites is 1. The van der Waals surface area contributed by atoms with Gasteiger partial charge in [-0.05, 0) is 73.0 Å². The molecule has 6 rings (SSSR count). The van der Waals surface area contributed by atoms with Gasteiger partial charge in [0, 0.05) is 23.0 Å². The van der Waals surface area contributed by atoms with Gasteiger partial charge in [0.1, 0.15) is 5.75 Å². The van der Waals surface area contributed by atoms with Gasteiger partial charge in [-0.1, -0.05) is 38.0 Å². The van der Waals surface area contributed by atoms with Crippen LogP contribution in [0, 0.1) is 5.41 Å².